The largest absolute Gasteiger partial charge is 0.444 e. The molecule has 1 saturated heterocycles. The van der Waals surface area contributed by atoms with Crippen molar-refractivity contribution >= 4 is 17.4 Å². The zero-order valence-electron chi connectivity index (χ0n) is 13.8. The summed E-state index contributed by atoms with van der Waals surface area (Å²) in [5.74, 6) is 0. The SMILES string of the molecule is CC(C)(C)OC(=O)N1CCC[C@H]1c1ncc(-c2ccccc2)s1. The van der Waals surface area contributed by atoms with Crippen molar-refractivity contribution in [3.63, 3.8) is 0 Å². The van der Waals surface area contributed by atoms with Crippen molar-refractivity contribution < 1.29 is 9.53 Å². The van der Waals surface area contributed by atoms with Gasteiger partial charge in [-0.3, -0.25) is 4.90 Å². The molecule has 4 nitrogen and oxygen atoms in total. The van der Waals surface area contributed by atoms with Crippen LogP contribution >= 0.6 is 11.3 Å². The lowest BCUT2D eigenvalue weighted by Crippen LogP contribution is -2.36. The highest BCUT2D eigenvalue weighted by Crippen LogP contribution is 2.37. The molecular weight excluding hydrogens is 308 g/mol. The molecule has 3 rings (SSSR count). The minimum absolute atomic E-state index is 0.0345. The van der Waals surface area contributed by atoms with E-state index in [1.165, 1.54) is 0 Å². The van der Waals surface area contributed by atoms with Gasteiger partial charge in [0.25, 0.3) is 0 Å². The van der Waals surface area contributed by atoms with Crippen LogP contribution in [0.4, 0.5) is 4.79 Å². The summed E-state index contributed by atoms with van der Waals surface area (Å²) in [6.07, 6.45) is 3.60. The maximum Gasteiger partial charge on any atom is 0.410 e. The van der Waals surface area contributed by atoms with Crippen LogP contribution in [-0.2, 0) is 4.74 Å². The first-order valence-electron chi connectivity index (χ1n) is 7.95. The summed E-state index contributed by atoms with van der Waals surface area (Å²) in [5, 5.41) is 0.993. The maximum absolute atomic E-state index is 12.4. The highest BCUT2D eigenvalue weighted by Gasteiger charge is 2.34. The van der Waals surface area contributed by atoms with E-state index in [9.17, 15) is 4.79 Å². The van der Waals surface area contributed by atoms with Gasteiger partial charge in [0.15, 0.2) is 0 Å². The number of likely N-dealkylation sites (tertiary alicyclic amines) is 1. The van der Waals surface area contributed by atoms with Gasteiger partial charge in [0.05, 0.1) is 10.9 Å². The van der Waals surface area contributed by atoms with E-state index in [0.717, 1.165) is 34.8 Å². The van der Waals surface area contributed by atoms with Gasteiger partial charge >= 0.3 is 6.09 Å². The topological polar surface area (TPSA) is 42.4 Å². The second-order valence-corrected chi connectivity index (χ2v) is 7.82. The number of carbonyl (C=O) groups excluding carboxylic acids is 1. The van der Waals surface area contributed by atoms with Crippen LogP contribution in [-0.4, -0.2) is 28.1 Å². The average molecular weight is 330 g/mol. The minimum atomic E-state index is -0.470. The molecule has 122 valence electrons. The predicted octanol–water partition coefficient (Wildman–Crippen LogP) is 4.88. The van der Waals surface area contributed by atoms with Gasteiger partial charge in [0.1, 0.15) is 10.6 Å². The molecule has 1 atom stereocenters. The van der Waals surface area contributed by atoms with Crippen molar-refractivity contribution in [2.24, 2.45) is 0 Å². The van der Waals surface area contributed by atoms with Crippen molar-refractivity contribution in [2.45, 2.75) is 45.3 Å². The standard InChI is InChI=1S/C18H22N2O2S/c1-18(2,3)22-17(21)20-11-7-10-14(20)16-19-12-15(23-16)13-8-5-4-6-9-13/h4-6,8-9,12,14H,7,10-11H2,1-3H3/t14-/m0/s1. The fourth-order valence-corrected chi connectivity index (χ4v) is 3.81. The quantitative estimate of drug-likeness (QED) is 0.788. The summed E-state index contributed by atoms with van der Waals surface area (Å²) in [7, 11) is 0. The summed E-state index contributed by atoms with van der Waals surface area (Å²) in [6.45, 7) is 6.42. The Morgan fingerprint density at radius 1 is 1.30 bits per heavy atom. The number of hydrogen-bond acceptors (Lipinski definition) is 4. The van der Waals surface area contributed by atoms with E-state index < -0.39 is 5.60 Å². The minimum Gasteiger partial charge on any atom is -0.444 e. The first-order chi connectivity index (χ1) is 10.9. The van der Waals surface area contributed by atoms with E-state index in [-0.39, 0.29) is 12.1 Å². The zero-order chi connectivity index (χ0) is 16.4. The molecule has 1 aliphatic rings. The first kappa shape index (κ1) is 16.0. The molecule has 0 unspecified atom stereocenters. The van der Waals surface area contributed by atoms with Crippen molar-refractivity contribution in [3.8, 4) is 10.4 Å². The number of aromatic nitrogens is 1. The summed E-state index contributed by atoms with van der Waals surface area (Å²) in [6, 6.07) is 10.3. The van der Waals surface area contributed by atoms with Crippen LogP contribution in [0.1, 0.15) is 44.7 Å². The fraction of sp³-hybridized carbons (Fsp3) is 0.444. The lowest BCUT2D eigenvalue weighted by molar-refractivity contribution is 0.0224. The summed E-state index contributed by atoms with van der Waals surface area (Å²) >= 11 is 1.66. The third-order valence-corrected chi connectivity index (χ3v) is 4.90. The van der Waals surface area contributed by atoms with E-state index >= 15 is 0 Å². The van der Waals surface area contributed by atoms with Crippen LogP contribution in [0.3, 0.4) is 0 Å². The van der Waals surface area contributed by atoms with Crippen LogP contribution < -0.4 is 0 Å². The molecule has 5 heteroatoms. The van der Waals surface area contributed by atoms with Crippen molar-refractivity contribution in [1.29, 1.82) is 0 Å². The Bertz CT molecular complexity index is 676. The Labute approximate surface area is 141 Å². The number of benzene rings is 1. The molecule has 0 bridgehead atoms. The molecule has 23 heavy (non-hydrogen) atoms. The highest BCUT2D eigenvalue weighted by atomic mass is 32.1. The number of amides is 1. The Hall–Kier alpha value is -1.88. The molecular formula is C18H22N2O2S. The third-order valence-electron chi connectivity index (χ3n) is 3.75. The number of hydrogen-bond donors (Lipinski definition) is 0. The molecule has 2 heterocycles. The van der Waals surface area contributed by atoms with Crippen LogP contribution in [0.15, 0.2) is 36.5 Å². The van der Waals surface area contributed by atoms with Gasteiger partial charge in [0, 0.05) is 12.7 Å². The van der Waals surface area contributed by atoms with Crippen LogP contribution in [0.2, 0.25) is 0 Å². The molecule has 1 aromatic heterocycles. The monoisotopic (exact) mass is 330 g/mol. The van der Waals surface area contributed by atoms with E-state index in [2.05, 4.69) is 17.1 Å². The molecule has 2 aromatic rings. The van der Waals surface area contributed by atoms with E-state index in [4.69, 9.17) is 4.74 Å². The van der Waals surface area contributed by atoms with Gasteiger partial charge in [-0.15, -0.1) is 11.3 Å². The second kappa shape index (κ2) is 6.32. The van der Waals surface area contributed by atoms with Crippen molar-refractivity contribution in [1.82, 2.24) is 9.88 Å². The number of rotatable bonds is 2. The number of thiazole rings is 1. The number of nitrogens with zero attached hydrogens (tertiary/aromatic N) is 2. The number of ether oxygens (including phenoxy) is 1. The smallest absolute Gasteiger partial charge is 0.410 e. The first-order valence-corrected chi connectivity index (χ1v) is 8.76. The third kappa shape index (κ3) is 3.72. The van der Waals surface area contributed by atoms with Gasteiger partial charge in [-0.25, -0.2) is 9.78 Å². The van der Waals surface area contributed by atoms with Crippen LogP contribution in [0.25, 0.3) is 10.4 Å². The van der Waals surface area contributed by atoms with Crippen molar-refractivity contribution in [2.75, 3.05) is 6.54 Å². The predicted molar refractivity (Wildman–Crippen MR) is 92.5 cm³/mol. The highest BCUT2D eigenvalue weighted by molar-refractivity contribution is 7.15. The van der Waals surface area contributed by atoms with E-state index in [1.54, 1.807) is 11.3 Å². The molecule has 1 aromatic carbocycles. The molecule has 0 N–H and O–H groups in total. The fourth-order valence-electron chi connectivity index (χ4n) is 2.74. The Balaban J connectivity index is 1.78. The van der Waals surface area contributed by atoms with Gasteiger partial charge < -0.3 is 4.74 Å². The van der Waals surface area contributed by atoms with Gasteiger partial charge in [-0.2, -0.15) is 0 Å². The lowest BCUT2D eigenvalue weighted by Gasteiger charge is -2.27. The van der Waals surface area contributed by atoms with Gasteiger partial charge in [0.2, 0.25) is 0 Å². The Morgan fingerprint density at radius 3 is 2.74 bits per heavy atom. The van der Waals surface area contributed by atoms with E-state index in [1.807, 2.05) is 50.1 Å². The second-order valence-electron chi connectivity index (χ2n) is 6.76. The normalized spacial score (nSPS) is 18.2. The Kier molecular flexibility index (Phi) is 4.39. The van der Waals surface area contributed by atoms with Crippen molar-refractivity contribution in [3.05, 3.63) is 41.5 Å². The molecule has 0 aliphatic carbocycles. The average Bonchev–Trinajstić information content (AvgIpc) is 3.15. The summed E-state index contributed by atoms with van der Waals surface area (Å²) in [4.78, 5) is 19.9. The molecule has 0 radical (unpaired) electrons. The Morgan fingerprint density at radius 2 is 2.04 bits per heavy atom. The van der Waals surface area contributed by atoms with Crippen LogP contribution in [0.5, 0.6) is 0 Å². The zero-order valence-corrected chi connectivity index (χ0v) is 14.6. The molecule has 1 fully saturated rings. The molecule has 0 saturated carbocycles. The van der Waals surface area contributed by atoms with Gasteiger partial charge in [-0.1, -0.05) is 30.3 Å². The molecule has 1 amide bonds. The number of carbonyl (C=O) groups is 1. The maximum atomic E-state index is 12.4. The van der Waals surface area contributed by atoms with E-state index in [0.29, 0.717) is 0 Å². The van der Waals surface area contributed by atoms with Crippen LogP contribution in [0, 0.1) is 0 Å². The molecule has 1 aliphatic heterocycles. The summed E-state index contributed by atoms with van der Waals surface area (Å²) < 4.78 is 5.53. The van der Waals surface area contributed by atoms with Gasteiger partial charge in [-0.05, 0) is 39.2 Å². The lowest BCUT2D eigenvalue weighted by atomic mass is 10.2. The molecule has 0 spiro atoms. The summed E-state index contributed by atoms with van der Waals surface area (Å²) in [5.41, 5.74) is 0.695.